The van der Waals surface area contributed by atoms with Crippen LogP contribution in [0.2, 0.25) is 5.02 Å². The van der Waals surface area contributed by atoms with Crippen LogP contribution in [-0.2, 0) is 6.54 Å². The summed E-state index contributed by atoms with van der Waals surface area (Å²) >= 11 is 5.97. The number of amides is 1. The Morgan fingerprint density at radius 2 is 1.83 bits per heavy atom. The molecule has 2 aromatic heterocycles. The number of hydrogen-bond donors (Lipinski definition) is 1. The molecule has 6 heteroatoms. The lowest BCUT2D eigenvalue weighted by atomic mass is 10.1. The summed E-state index contributed by atoms with van der Waals surface area (Å²) in [4.78, 5) is 30.6. The number of nitrogens with one attached hydrogen (secondary N) is 1. The Balaban J connectivity index is 1.78. The quantitative estimate of drug-likeness (QED) is 0.510. The van der Waals surface area contributed by atoms with Gasteiger partial charge in [-0.2, -0.15) is 0 Å². The highest BCUT2D eigenvalue weighted by atomic mass is 35.5. The second-order valence-electron chi connectivity index (χ2n) is 7.26. The molecule has 0 aliphatic carbocycles. The molecule has 1 N–H and O–H groups in total. The third-order valence-corrected chi connectivity index (χ3v) is 5.23. The zero-order valence-electron chi connectivity index (χ0n) is 16.6. The summed E-state index contributed by atoms with van der Waals surface area (Å²) in [6.45, 7) is 4.20. The van der Waals surface area contributed by atoms with E-state index in [1.54, 1.807) is 30.5 Å². The molecule has 5 nitrogen and oxygen atoms in total. The molecule has 0 radical (unpaired) electrons. The minimum atomic E-state index is -0.442. The van der Waals surface area contributed by atoms with Gasteiger partial charge in [0, 0.05) is 22.3 Å². The van der Waals surface area contributed by atoms with Crippen molar-refractivity contribution in [2.75, 3.05) is 5.32 Å². The molecular formula is C24H20ClN3O2. The van der Waals surface area contributed by atoms with Gasteiger partial charge in [-0.1, -0.05) is 41.4 Å². The maximum absolute atomic E-state index is 13.3. The summed E-state index contributed by atoms with van der Waals surface area (Å²) in [6, 6.07) is 18.2. The maximum atomic E-state index is 13.3. The molecule has 0 spiro atoms. The van der Waals surface area contributed by atoms with E-state index in [4.69, 9.17) is 11.6 Å². The van der Waals surface area contributed by atoms with Crippen LogP contribution in [0.25, 0.3) is 11.0 Å². The number of rotatable bonds is 4. The number of carbonyl (C=O) groups is 1. The summed E-state index contributed by atoms with van der Waals surface area (Å²) in [5, 5.41) is 4.21. The van der Waals surface area contributed by atoms with E-state index in [0.29, 0.717) is 16.4 Å². The lowest BCUT2D eigenvalue weighted by Crippen LogP contribution is -2.30. The van der Waals surface area contributed by atoms with E-state index in [-0.39, 0.29) is 12.1 Å². The fourth-order valence-corrected chi connectivity index (χ4v) is 3.56. The second-order valence-corrected chi connectivity index (χ2v) is 7.70. The van der Waals surface area contributed by atoms with Gasteiger partial charge in [0.1, 0.15) is 11.2 Å². The molecule has 0 atom stereocenters. The Kier molecular flexibility index (Phi) is 5.38. The van der Waals surface area contributed by atoms with Crippen molar-refractivity contribution in [1.82, 2.24) is 9.55 Å². The Bertz CT molecular complexity index is 1310. The van der Waals surface area contributed by atoms with Crippen LogP contribution >= 0.6 is 11.6 Å². The third kappa shape index (κ3) is 3.98. The van der Waals surface area contributed by atoms with Crippen LogP contribution in [0.5, 0.6) is 0 Å². The number of carbonyl (C=O) groups excluding carboxylic acids is 1. The van der Waals surface area contributed by atoms with Crippen LogP contribution in [0.3, 0.4) is 0 Å². The van der Waals surface area contributed by atoms with Crippen LogP contribution in [0.4, 0.5) is 5.69 Å². The molecule has 0 unspecified atom stereocenters. The van der Waals surface area contributed by atoms with Crippen molar-refractivity contribution in [3.63, 3.8) is 0 Å². The van der Waals surface area contributed by atoms with Crippen LogP contribution in [-0.4, -0.2) is 15.5 Å². The highest BCUT2D eigenvalue weighted by molar-refractivity contribution is 6.30. The van der Waals surface area contributed by atoms with Gasteiger partial charge in [0.05, 0.1) is 6.54 Å². The normalized spacial score (nSPS) is 10.9. The van der Waals surface area contributed by atoms with E-state index in [1.807, 2.05) is 50.2 Å². The number of pyridine rings is 2. The summed E-state index contributed by atoms with van der Waals surface area (Å²) in [5.74, 6) is -0.442. The summed E-state index contributed by atoms with van der Waals surface area (Å²) < 4.78 is 1.52. The van der Waals surface area contributed by atoms with Gasteiger partial charge >= 0.3 is 0 Å². The van der Waals surface area contributed by atoms with Crippen molar-refractivity contribution in [2.24, 2.45) is 0 Å². The van der Waals surface area contributed by atoms with Crippen LogP contribution in [0, 0.1) is 13.8 Å². The molecule has 0 fully saturated rings. The topological polar surface area (TPSA) is 64.0 Å². The zero-order valence-corrected chi connectivity index (χ0v) is 17.4. The standard InChI is InChI=1S/C24H20ClN3O2/c1-15-5-10-21(16(2)12-15)27-23(29)20-13-18-4-3-11-26-22(18)28(24(20)30)14-17-6-8-19(25)9-7-17/h3-13H,14H2,1-2H3,(H,27,29). The van der Waals surface area contributed by atoms with Gasteiger partial charge in [0.2, 0.25) is 0 Å². The summed E-state index contributed by atoms with van der Waals surface area (Å²) in [6.07, 6.45) is 1.63. The van der Waals surface area contributed by atoms with Crippen LogP contribution in [0.1, 0.15) is 27.0 Å². The van der Waals surface area contributed by atoms with Gasteiger partial charge < -0.3 is 5.32 Å². The minimum absolute atomic E-state index is 0.0736. The van der Waals surface area contributed by atoms with Crippen molar-refractivity contribution >= 4 is 34.2 Å². The van der Waals surface area contributed by atoms with Crippen molar-refractivity contribution in [2.45, 2.75) is 20.4 Å². The largest absolute Gasteiger partial charge is 0.322 e. The van der Waals surface area contributed by atoms with Crippen molar-refractivity contribution in [1.29, 1.82) is 0 Å². The summed E-state index contributed by atoms with van der Waals surface area (Å²) in [5.41, 5.74) is 3.82. The van der Waals surface area contributed by atoms with Crippen LogP contribution in [0.15, 0.2) is 71.7 Å². The van der Waals surface area contributed by atoms with E-state index in [9.17, 15) is 9.59 Å². The van der Waals surface area contributed by atoms with Gasteiger partial charge in [-0.3, -0.25) is 14.2 Å². The van der Waals surface area contributed by atoms with Crippen molar-refractivity contribution < 1.29 is 4.79 Å². The number of nitrogens with zero attached hydrogens (tertiary/aromatic N) is 2. The molecule has 0 saturated carbocycles. The number of aromatic nitrogens is 2. The smallest absolute Gasteiger partial charge is 0.265 e. The van der Waals surface area contributed by atoms with Gasteiger partial charge in [0.15, 0.2) is 0 Å². The minimum Gasteiger partial charge on any atom is -0.322 e. The number of anilines is 1. The molecule has 2 aromatic carbocycles. The number of halogens is 1. The van der Waals surface area contributed by atoms with E-state index in [1.165, 1.54) is 4.57 Å². The average Bonchev–Trinajstić information content (AvgIpc) is 2.73. The average molecular weight is 418 g/mol. The maximum Gasteiger partial charge on any atom is 0.265 e. The number of aryl methyl sites for hydroxylation is 2. The third-order valence-electron chi connectivity index (χ3n) is 4.98. The molecule has 1 amide bonds. The van der Waals surface area contributed by atoms with E-state index in [0.717, 1.165) is 22.1 Å². The van der Waals surface area contributed by atoms with Crippen molar-refractivity contribution in [3.8, 4) is 0 Å². The molecule has 4 rings (SSSR count). The first kappa shape index (κ1) is 19.9. The predicted molar refractivity (Wildman–Crippen MR) is 120 cm³/mol. The first-order valence-electron chi connectivity index (χ1n) is 9.54. The molecule has 0 saturated heterocycles. The highest BCUT2D eigenvalue weighted by Crippen LogP contribution is 2.18. The number of hydrogen-bond acceptors (Lipinski definition) is 3. The fourth-order valence-electron chi connectivity index (χ4n) is 3.43. The number of benzene rings is 2. The lowest BCUT2D eigenvalue weighted by Gasteiger charge is -2.13. The van der Waals surface area contributed by atoms with Gasteiger partial charge in [-0.15, -0.1) is 0 Å². The molecule has 0 aliphatic heterocycles. The van der Waals surface area contributed by atoms with Gasteiger partial charge in [-0.25, -0.2) is 4.98 Å². The Morgan fingerprint density at radius 1 is 1.07 bits per heavy atom. The van der Waals surface area contributed by atoms with Gasteiger partial charge in [0.25, 0.3) is 11.5 Å². The second kappa shape index (κ2) is 8.13. The highest BCUT2D eigenvalue weighted by Gasteiger charge is 2.17. The molecule has 30 heavy (non-hydrogen) atoms. The Morgan fingerprint density at radius 3 is 2.57 bits per heavy atom. The first-order chi connectivity index (χ1) is 14.4. The first-order valence-corrected chi connectivity index (χ1v) is 9.92. The summed E-state index contributed by atoms with van der Waals surface area (Å²) in [7, 11) is 0. The zero-order chi connectivity index (χ0) is 21.3. The molecule has 4 aromatic rings. The molecular weight excluding hydrogens is 398 g/mol. The molecule has 0 bridgehead atoms. The lowest BCUT2D eigenvalue weighted by molar-refractivity contribution is 0.102. The van der Waals surface area contributed by atoms with E-state index in [2.05, 4.69) is 10.3 Å². The Labute approximate surface area is 179 Å². The monoisotopic (exact) mass is 417 g/mol. The molecule has 2 heterocycles. The SMILES string of the molecule is Cc1ccc(NC(=O)c2cc3cccnc3n(Cc3ccc(Cl)cc3)c2=O)c(C)c1. The van der Waals surface area contributed by atoms with Crippen LogP contribution < -0.4 is 10.9 Å². The molecule has 0 aliphatic rings. The fraction of sp³-hybridized carbons (Fsp3) is 0.125. The van der Waals surface area contributed by atoms with Gasteiger partial charge in [-0.05, 0) is 61.4 Å². The Hall–Kier alpha value is -3.44. The van der Waals surface area contributed by atoms with E-state index < -0.39 is 11.5 Å². The predicted octanol–water partition coefficient (Wildman–Crippen LogP) is 4.97. The van der Waals surface area contributed by atoms with Crippen molar-refractivity contribution in [3.05, 3.63) is 104 Å². The van der Waals surface area contributed by atoms with E-state index >= 15 is 0 Å². The molecule has 150 valence electrons. The number of fused-ring (bicyclic) bond motifs is 1.